The molecule has 0 aliphatic rings. The summed E-state index contributed by atoms with van der Waals surface area (Å²) in [6.07, 6.45) is 0. The number of hydrogen-bond donors (Lipinski definition) is 1. The molecule has 0 unspecified atom stereocenters. The molecule has 0 spiro atoms. The Kier molecular flexibility index (Phi) is 5.75. The summed E-state index contributed by atoms with van der Waals surface area (Å²) in [5, 5.41) is 3.92. The first-order chi connectivity index (χ1) is 9.56. The number of benzene rings is 2. The van der Waals surface area contributed by atoms with Crippen molar-refractivity contribution in [2.75, 3.05) is 18.5 Å². The van der Waals surface area contributed by atoms with E-state index in [4.69, 9.17) is 16.3 Å². The highest BCUT2D eigenvalue weighted by Gasteiger charge is 2.06. The number of anilines is 1. The number of hydrogen-bond acceptors (Lipinski definition) is 2. The summed E-state index contributed by atoms with van der Waals surface area (Å²) < 4.78 is 7.77. The van der Waals surface area contributed by atoms with Crippen LogP contribution >= 0.6 is 43.5 Å². The van der Waals surface area contributed by atoms with E-state index in [0.29, 0.717) is 18.2 Å². The van der Waals surface area contributed by atoms with Crippen LogP contribution in [0.5, 0.6) is 5.75 Å². The molecule has 0 bridgehead atoms. The molecule has 2 aromatic rings. The van der Waals surface area contributed by atoms with Gasteiger partial charge in [0, 0.05) is 21.2 Å². The second-order valence-electron chi connectivity index (χ2n) is 4.32. The lowest BCUT2D eigenvalue weighted by atomic mass is 10.2. The Hall–Kier alpha value is -0.710. The summed E-state index contributed by atoms with van der Waals surface area (Å²) in [6, 6.07) is 11.9. The predicted molar refractivity (Wildman–Crippen MR) is 92.0 cm³/mol. The quantitative estimate of drug-likeness (QED) is 0.631. The minimum absolute atomic E-state index is 0.554. The van der Waals surface area contributed by atoms with Gasteiger partial charge in [0.15, 0.2) is 0 Å². The zero-order valence-electron chi connectivity index (χ0n) is 10.9. The molecule has 2 nitrogen and oxygen atoms in total. The number of ether oxygens (including phenoxy) is 1. The Morgan fingerprint density at radius 3 is 2.45 bits per heavy atom. The molecule has 106 valence electrons. The smallest absolute Gasteiger partial charge is 0.140 e. The van der Waals surface area contributed by atoms with Crippen molar-refractivity contribution in [3.8, 4) is 5.75 Å². The Morgan fingerprint density at radius 2 is 1.80 bits per heavy atom. The zero-order valence-corrected chi connectivity index (χ0v) is 14.8. The highest BCUT2D eigenvalue weighted by Crippen LogP contribution is 2.31. The fraction of sp³-hybridized carbons (Fsp3) is 0.200. The van der Waals surface area contributed by atoms with E-state index in [1.807, 2.05) is 43.3 Å². The maximum Gasteiger partial charge on any atom is 0.140 e. The van der Waals surface area contributed by atoms with Crippen LogP contribution in [0.2, 0.25) is 5.02 Å². The standard InChI is InChI=1S/C15H14Br2ClNO/c1-10-8-12(17)9-14(18)15(10)20-7-6-19-13-4-2-11(16)3-5-13/h2-5,8-9,19H,6-7H2,1H3. The van der Waals surface area contributed by atoms with Crippen molar-refractivity contribution < 1.29 is 4.74 Å². The third-order valence-corrected chi connectivity index (χ3v) is 3.98. The Morgan fingerprint density at radius 1 is 1.10 bits per heavy atom. The maximum atomic E-state index is 6.17. The van der Waals surface area contributed by atoms with Gasteiger partial charge in [0.05, 0.1) is 5.02 Å². The number of nitrogens with one attached hydrogen (secondary N) is 1. The molecule has 0 amide bonds. The van der Waals surface area contributed by atoms with E-state index in [9.17, 15) is 0 Å². The average Bonchev–Trinajstić information content (AvgIpc) is 2.39. The first-order valence-corrected chi connectivity index (χ1v) is 8.10. The summed E-state index contributed by atoms with van der Waals surface area (Å²) in [5.41, 5.74) is 2.09. The normalized spacial score (nSPS) is 10.4. The van der Waals surface area contributed by atoms with Crippen LogP contribution in [0.3, 0.4) is 0 Å². The molecular weight excluding hydrogens is 405 g/mol. The molecule has 20 heavy (non-hydrogen) atoms. The summed E-state index contributed by atoms with van der Waals surface area (Å²) in [7, 11) is 0. The molecule has 0 saturated carbocycles. The second-order valence-corrected chi connectivity index (χ2v) is 6.55. The molecule has 0 heterocycles. The van der Waals surface area contributed by atoms with Gasteiger partial charge in [-0.25, -0.2) is 0 Å². The number of halogens is 3. The first kappa shape index (κ1) is 15.7. The molecule has 2 rings (SSSR count). The second kappa shape index (κ2) is 7.34. The molecule has 0 fully saturated rings. The highest BCUT2D eigenvalue weighted by atomic mass is 79.9. The van der Waals surface area contributed by atoms with Crippen LogP contribution in [0.15, 0.2) is 45.3 Å². The molecule has 0 aromatic heterocycles. The van der Waals surface area contributed by atoms with Crippen molar-refractivity contribution in [2.45, 2.75) is 6.92 Å². The van der Waals surface area contributed by atoms with Crippen LogP contribution in [0.4, 0.5) is 5.69 Å². The SMILES string of the molecule is Cc1cc(Br)cc(Cl)c1OCCNc1ccc(Br)cc1. The minimum Gasteiger partial charge on any atom is -0.490 e. The number of rotatable bonds is 5. The van der Waals surface area contributed by atoms with Gasteiger partial charge >= 0.3 is 0 Å². The van der Waals surface area contributed by atoms with Crippen molar-refractivity contribution in [2.24, 2.45) is 0 Å². The van der Waals surface area contributed by atoms with Gasteiger partial charge in [-0.15, -0.1) is 0 Å². The largest absolute Gasteiger partial charge is 0.490 e. The lowest BCUT2D eigenvalue weighted by Crippen LogP contribution is -2.12. The highest BCUT2D eigenvalue weighted by molar-refractivity contribution is 9.10. The van der Waals surface area contributed by atoms with E-state index >= 15 is 0 Å². The lowest BCUT2D eigenvalue weighted by Gasteiger charge is -2.12. The molecule has 0 saturated heterocycles. The number of aryl methyl sites for hydroxylation is 1. The predicted octanol–water partition coefficient (Wildman–Crippen LogP) is 5.66. The molecule has 0 aliphatic carbocycles. The first-order valence-electron chi connectivity index (χ1n) is 6.14. The van der Waals surface area contributed by atoms with Crippen LogP contribution in [-0.4, -0.2) is 13.2 Å². The monoisotopic (exact) mass is 417 g/mol. The van der Waals surface area contributed by atoms with Crippen LogP contribution in [0.25, 0.3) is 0 Å². The molecule has 5 heteroatoms. The molecule has 0 aliphatic heterocycles. The van der Waals surface area contributed by atoms with Gasteiger partial charge < -0.3 is 10.1 Å². The topological polar surface area (TPSA) is 21.3 Å². The van der Waals surface area contributed by atoms with Crippen LogP contribution < -0.4 is 10.1 Å². The van der Waals surface area contributed by atoms with Gasteiger partial charge in [-0.1, -0.05) is 43.5 Å². The van der Waals surface area contributed by atoms with Crippen LogP contribution in [0, 0.1) is 6.92 Å². The molecule has 1 N–H and O–H groups in total. The third kappa shape index (κ3) is 4.40. The summed E-state index contributed by atoms with van der Waals surface area (Å²) in [4.78, 5) is 0. The van der Waals surface area contributed by atoms with E-state index in [1.54, 1.807) is 0 Å². The van der Waals surface area contributed by atoms with E-state index in [-0.39, 0.29) is 0 Å². The van der Waals surface area contributed by atoms with E-state index < -0.39 is 0 Å². The van der Waals surface area contributed by atoms with Crippen LogP contribution in [-0.2, 0) is 0 Å². The van der Waals surface area contributed by atoms with Gasteiger partial charge in [-0.2, -0.15) is 0 Å². The fourth-order valence-corrected chi connectivity index (χ4v) is 3.08. The van der Waals surface area contributed by atoms with Crippen LogP contribution in [0.1, 0.15) is 5.56 Å². The minimum atomic E-state index is 0.554. The third-order valence-electron chi connectivity index (χ3n) is 2.72. The summed E-state index contributed by atoms with van der Waals surface area (Å²) in [6.45, 7) is 3.25. The molecular formula is C15H14Br2ClNO. The Balaban J connectivity index is 1.86. The molecule has 0 radical (unpaired) electrons. The lowest BCUT2D eigenvalue weighted by molar-refractivity contribution is 0.331. The zero-order chi connectivity index (χ0) is 14.5. The van der Waals surface area contributed by atoms with Gasteiger partial charge in [-0.3, -0.25) is 0 Å². The summed E-state index contributed by atoms with van der Waals surface area (Å²) in [5.74, 6) is 0.743. The fourth-order valence-electron chi connectivity index (χ4n) is 1.79. The van der Waals surface area contributed by atoms with Gasteiger partial charge in [0.2, 0.25) is 0 Å². The Bertz CT molecular complexity index is 564. The molecule has 2 aromatic carbocycles. The van der Waals surface area contributed by atoms with Crippen molar-refractivity contribution in [3.05, 3.63) is 55.9 Å². The van der Waals surface area contributed by atoms with Gasteiger partial charge in [0.25, 0.3) is 0 Å². The van der Waals surface area contributed by atoms with Crippen molar-refractivity contribution in [1.82, 2.24) is 0 Å². The van der Waals surface area contributed by atoms with E-state index in [1.165, 1.54) is 0 Å². The van der Waals surface area contributed by atoms with E-state index in [2.05, 4.69) is 37.2 Å². The molecule has 0 atom stereocenters. The maximum absolute atomic E-state index is 6.17. The summed E-state index contributed by atoms with van der Waals surface area (Å²) >= 11 is 13.0. The van der Waals surface area contributed by atoms with E-state index in [0.717, 1.165) is 25.9 Å². The van der Waals surface area contributed by atoms with Gasteiger partial charge in [0.1, 0.15) is 12.4 Å². The average molecular weight is 420 g/mol. The van der Waals surface area contributed by atoms with Crippen molar-refractivity contribution in [3.63, 3.8) is 0 Å². The van der Waals surface area contributed by atoms with Crippen molar-refractivity contribution in [1.29, 1.82) is 0 Å². The van der Waals surface area contributed by atoms with Crippen molar-refractivity contribution >= 4 is 49.1 Å². The Labute approximate surface area is 140 Å². The van der Waals surface area contributed by atoms with Gasteiger partial charge in [-0.05, 0) is 48.9 Å².